The van der Waals surface area contributed by atoms with Gasteiger partial charge in [0, 0.05) is 0 Å². The Kier molecular flexibility index (Phi) is 1.89. The Hall–Kier alpha value is -1.29. The molecule has 4 nitrogen and oxygen atoms in total. The van der Waals surface area contributed by atoms with E-state index in [0.29, 0.717) is 18.8 Å². The van der Waals surface area contributed by atoms with Gasteiger partial charge in [-0.05, 0) is 24.8 Å². The first-order valence-corrected chi connectivity index (χ1v) is 4.56. The van der Waals surface area contributed by atoms with Gasteiger partial charge in [-0.2, -0.15) is 0 Å². The summed E-state index contributed by atoms with van der Waals surface area (Å²) >= 11 is 0. The quantitative estimate of drug-likeness (QED) is 0.753. The van der Waals surface area contributed by atoms with Crippen molar-refractivity contribution in [2.45, 2.75) is 25.4 Å². The number of aliphatic hydroxyl groups is 1. The van der Waals surface area contributed by atoms with Crippen molar-refractivity contribution >= 4 is 5.97 Å². The molecule has 1 fully saturated rings. The van der Waals surface area contributed by atoms with Crippen LogP contribution < -0.4 is 0 Å². The summed E-state index contributed by atoms with van der Waals surface area (Å²) < 4.78 is 5.05. The van der Waals surface area contributed by atoms with Gasteiger partial charge >= 0.3 is 5.97 Å². The summed E-state index contributed by atoms with van der Waals surface area (Å²) in [5, 5.41) is 18.8. The maximum Gasteiger partial charge on any atom is 0.339 e. The second kappa shape index (κ2) is 2.85. The summed E-state index contributed by atoms with van der Waals surface area (Å²) in [5.74, 6) is -0.434. The lowest BCUT2D eigenvalue weighted by Gasteiger charge is -2.40. The van der Waals surface area contributed by atoms with E-state index in [9.17, 15) is 9.90 Å². The third-order valence-electron chi connectivity index (χ3n) is 2.69. The van der Waals surface area contributed by atoms with E-state index in [0.717, 1.165) is 0 Å². The fraction of sp³-hybridized carbons (Fsp3) is 0.500. The summed E-state index contributed by atoms with van der Waals surface area (Å²) in [5.41, 5.74) is -0.990. The summed E-state index contributed by atoms with van der Waals surface area (Å²) in [6, 6.07) is 1.37. The SMILES string of the molecule is CC1CC(O)(c2occc2C(=O)O)C1. The van der Waals surface area contributed by atoms with Gasteiger partial charge in [0.1, 0.15) is 16.9 Å². The van der Waals surface area contributed by atoms with Crippen molar-refractivity contribution in [1.29, 1.82) is 0 Å². The molecule has 1 aliphatic carbocycles. The van der Waals surface area contributed by atoms with Gasteiger partial charge < -0.3 is 14.6 Å². The molecule has 0 aliphatic heterocycles. The number of carboxylic acids is 1. The Bertz CT molecular complexity index is 360. The molecule has 2 rings (SSSR count). The van der Waals surface area contributed by atoms with Crippen LogP contribution in [-0.4, -0.2) is 16.2 Å². The molecule has 2 N–H and O–H groups in total. The van der Waals surface area contributed by atoms with Gasteiger partial charge in [0.05, 0.1) is 6.26 Å². The third-order valence-corrected chi connectivity index (χ3v) is 2.69. The fourth-order valence-electron chi connectivity index (χ4n) is 2.12. The van der Waals surface area contributed by atoms with Crippen molar-refractivity contribution in [3.63, 3.8) is 0 Å². The number of rotatable bonds is 2. The van der Waals surface area contributed by atoms with Crippen molar-refractivity contribution in [3.8, 4) is 0 Å². The molecule has 0 radical (unpaired) electrons. The van der Waals surface area contributed by atoms with Crippen LogP contribution in [-0.2, 0) is 5.60 Å². The van der Waals surface area contributed by atoms with E-state index in [2.05, 4.69) is 0 Å². The number of carbonyl (C=O) groups is 1. The van der Waals surface area contributed by atoms with Crippen molar-refractivity contribution in [2.24, 2.45) is 5.92 Å². The molecular formula is C10H12O4. The second-order valence-electron chi connectivity index (χ2n) is 4.01. The van der Waals surface area contributed by atoms with E-state index in [1.54, 1.807) is 0 Å². The molecule has 1 saturated carbocycles. The molecular weight excluding hydrogens is 184 g/mol. The average molecular weight is 196 g/mol. The topological polar surface area (TPSA) is 70.7 Å². The fourth-order valence-corrected chi connectivity index (χ4v) is 2.12. The molecule has 0 bridgehead atoms. The normalized spacial score (nSPS) is 31.1. The minimum atomic E-state index is -1.06. The molecule has 1 aromatic rings. The molecule has 76 valence electrons. The van der Waals surface area contributed by atoms with Gasteiger partial charge in [-0.25, -0.2) is 4.79 Å². The van der Waals surface area contributed by atoms with E-state index in [4.69, 9.17) is 9.52 Å². The van der Waals surface area contributed by atoms with E-state index < -0.39 is 11.6 Å². The lowest BCUT2D eigenvalue weighted by Crippen LogP contribution is -2.40. The Morgan fingerprint density at radius 3 is 2.79 bits per heavy atom. The zero-order valence-corrected chi connectivity index (χ0v) is 7.86. The maximum absolute atomic E-state index is 10.8. The predicted octanol–water partition coefficient (Wildman–Crippen LogP) is 1.60. The highest BCUT2D eigenvalue weighted by atomic mass is 16.4. The van der Waals surface area contributed by atoms with Gasteiger partial charge in [-0.3, -0.25) is 0 Å². The van der Waals surface area contributed by atoms with Gasteiger partial charge in [-0.15, -0.1) is 0 Å². The monoisotopic (exact) mass is 196 g/mol. The number of furan rings is 1. The highest BCUT2D eigenvalue weighted by Crippen LogP contribution is 2.46. The first kappa shape index (κ1) is 9.27. The van der Waals surface area contributed by atoms with Crippen LogP contribution in [0.5, 0.6) is 0 Å². The minimum Gasteiger partial charge on any atom is -0.478 e. The Morgan fingerprint density at radius 2 is 2.29 bits per heavy atom. The van der Waals surface area contributed by atoms with Crippen LogP contribution in [0.25, 0.3) is 0 Å². The van der Waals surface area contributed by atoms with Gasteiger partial charge in [-0.1, -0.05) is 6.92 Å². The van der Waals surface area contributed by atoms with Gasteiger partial charge in [0.2, 0.25) is 0 Å². The van der Waals surface area contributed by atoms with Crippen LogP contribution in [0.15, 0.2) is 16.7 Å². The molecule has 0 amide bonds. The lowest BCUT2D eigenvalue weighted by atomic mass is 9.70. The Balaban J connectivity index is 2.33. The molecule has 0 saturated heterocycles. The van der Waals surface area contributed by atoms with Crippen LogP contribution in [0.2, 0.25) is 0 Å². The minimum absolute atomic E-state index is 0.0689. The molecule has 0 unspecified atom stereocenters. The van der Waals surface area contributed by atoms with Gasteiger partial charge in [0.15, 0.2) is 0 Å². The zero-order valence-electron chi connectivity index (χ0n) is 7.86. The highest BCUT2D eigenvalue weighted by Gasteiger charge is 2.46. The van der Waals surface area contributed by atoms with Crippen molar-refractivity contribution < 1.29 is 19.4 Å². The average Bonchev–Trinajstić information content (AvgIpc) is 2.48. The Labute approximate surface area is 81.2 Å². The van der Waals surface area contributed by atoms with Crippen LogP contribution >= 0.6 is 0 Å². The molecule has 14 heavy (non-hydrogen) atoms. The van der Waals surface area contributed by atoms with E-state index >= 15 is 0 Å². The largest absolute Gasteiger partial charge is 0.478 e. The first-order valence-electron chi connectivity index (χ1n) is 4.56. The zero-order chi connectivity index (χ0) is 10.3. The van der Waals surface area contributed by atoms with E-state index in [1.807, 2.05) is 6.92 Å². The van der Waals surface area contributed by atoms with Crippen molar-refractivity contribution in [1.82, 2.24) is 0 Å². The first-order chi connectivity index (χ1) is 6.53. The number of aromatic carboxylic acids is 1. The summed E-state index contributed by atoms with van der Waals surface area (Å²) in [4.78, 5) is 10.8. The van der Waals surface area contributed by atoms with Gasteiger partial charge in [0.25, 0.3) is 0 Å². The lowest BCUT2D eigenvalue weighted by molar-refractivity contribution is -0.0900. The van der Waals surface area contributed by atoms with Crippen molar-refractivity contribution in [2.75, 3.05) is 0 Å². The van der Waals surface area contributed by atoms with E-state index in [-0.39, 0.29) is 11.3 Å². The van der Waals surface area contributed by atoms with E-state index in [1.165, 1.54) is 12.3 Å². The third kappa shape index (κ3) is 1.23. The number of hydrogen-bond donors (Lipinski definition) is 2. The standard InChI is InChI=1S/C10H12O4/c1-6-4-10(13,5-6)8-7(9(11)12)2-3-14-8/h2-3,6,13H,4-5H2,1H3,(H,11,12). The Morgan fingerprint density at radius 1 is 1.64 bits per heavy atom. The predicted molar refractivity (Wildman–Crippen MR) is 48.0 cm³/mol. The molecule has 1 heterocycles. The summed E-state index contributed by atoms with van der Waals surface area (Å²) in [6.07, 6.45) is 2.45. The second-order valence-corrected chi connectivity index (χ2v) is 4.01. The number of carboxylic acid groups (broad SMARTS) is 1. The molecule has 1 aliphatic rings. The summed E-state index contributed by atoms with van der Waals surface area (Å²) in [7, 11) is 0. The molecule has 1 aromatic heterocycles. The molecule has 4 heteroatoms. The number of hydrogen-bond acceptors (Lipinski definition) is 3. The van der Waals surface area contributed by atoms with Crippen LogP contribution in [0.1, 0.15) is 35.9 Å². The van der Waals surface area contributed by atoms with Crippen LogP contribution in [0.4, 0.5) is 0 Å². The smallest absolute Gasteiger partial charge is 0.339 e. The molecule has 0 spiro atoms. The summed E-state index contributed by atoms with van der Waals surface area (Å²) in [6.45, 7) is 2.01. The van der Waals surface area contributed by atoms with Crippen LogP contribution in [0, 0.1) is 5.92 Å². The molecule has 0 aromatic carbocycles. The maximum atomic E-state index is 10.8. The molecule has 0 atom stereocenters. The van der Waals surface area contributed by atoms with Crippen LogP contribution in [0.3, 0.4) is 0 Å². The highest BCUT2D eigenvalue weighted by molar-refractivity contribution is 5.89. The van der Waals surface area contributed by atoms with Crippen molar-refractivity contribution in [3.05, 3.63) is 23.7 Å².